The number of hydrogen-bond donors (Lipinski definition) is 2. The predicted octanol–water partition coefficient (Wildman–Crippen LogP) is 4.21. The van der Waals surface area contributed by atoms with E-state index in [0.29, 0.717) is 31.2 Å². The third kappa shape index (κ3) is 3.59. The molecule has 7 rings (SSSR count). The first-order chi connectivity index (χ1) is 18.2. The van der Waals surface area contributed by atoms with Gasteiger partial charge in [0.1, 0.15) is 28.6 Å². The van der Waals surface area contributed by atoms with Crippen LogP contribution in [0.25, 0.3) is 27.8 Å². The zero-order chi connectivity index (χ0) is 24.9. The summed E-state index contributed by atoms with van der Waals surface area (Å²) >= 11 is 0. The molecule has 1 fully saturated rings. The van der Waals surface area contributed by atoms with E-state index in [1.165, 1.54) is 5.56 Å². The van der Waals surface area contributed by atoms with Crippen LogP contribution in [0.2, 0.25) is 0 Å². The second kappa shape index (κ2) is 8.58. The molecule has 8 nitrogen and oxygen atoms in total. The number of benzene rings is 2. The van der Waals surface area contributed by atoms with Gasteiger partial charge in [0.15, 0.2) is 0 Å². The van der Waals surface area contributed by atoms with Gasteiger partial charge in [-0.3, -0.25) is 14.2 Å². The first-order valence-electron chi connectivity index (χ1n) is 12.8. The van der Waals surface area contributed by atoms with Gasteiger partial charge in [-0.25, -0.2) is 9.97 Å². The Bertz CT molecular complexity index is 1650. The molecule has 0 saturated carbocycles. The van der Waals surface area contributed by atoms with Gasteiger partial charge in [0.05, 0.1) is 5.69 Å². The largest absolute Gasteiger partial charge is 0.382 e. The predicted molar refractivity (Wildman–Crippen MR) is 145 cm³/mol. The first kappa shape index (κ1) is 21.8. The number of nitrogen functional groups attached to an aromatic ring is 1. The summed E-state index contributed by atoms with van der Waals surface area (Å²) in [6.45, 7) is 2.00. The van der Waals surface area contributed by atoms with Crippen molar-refractivity contribution in [2.75, 3.05) is 25.4 Å². The standard InChI is InChI=1S/C29H27N7O/c30-27-26-25(23-17-20-6-2-4-8-22(20)33-23)34-28(36(26)16-13-32-27)19-10-14-35(15-11-19)29(37)24-21-7-3-1-5-18(21)9-12-31-24/h1-8,13,16-17,19,33H,9-12,14-15H2,(H2,30,32). The number of H-pyrrole nitrogens is 1. The number of rotatable bonds is 3. The van der Waals surface area contributed by atoms with Crippen molar-refractivity contribution in [1.29, 1.82) is 0 Å². The number of aromatic nitrogens is 4. The summed E-state index contributed by atoms with van der Waals surface area (Å²) in [5, 5.41) is 1.13. The minimum Gasteiger partial charge on any atom is -0.382 e. The molecule has 1 saturated heterocycles. The molecule has 2 aliphatic heterocycles. The van der Waals surface area contributed by atoms with Crippen LogP contribution in [0, 0.1) is 0 Å². The lowest BCUT2D eigenvalue weighted by atomic mass is 9.93. The lowest BCUT2D eigenvalue weighted by molar-refractivity contribution is -0.125. The van der Waals surface area contributed by atoms with E-state index in [-0.39, 0.29) is 11.8 Å². The van der Waals surface area contributed by atoms with Gasteiger partial charge >= 0.3 is 0 Å². The molecule has 0 spiro atoms. The van der Waals surface area contributed by atoms with Crippen molar-refractivity contribution in [3.8, 4) is 11.4 Å². The smallest absolute Gasteiger partial charge is 0.272 e. The maximum atomic E-state index is 13.4. The van der Waals surface area contributed by atoms with Gasteiger partial charge in [-0.1, -0.05) is 42.5 Å². The quantitative estimate of drug-likeness (QED) is 0.396. The van der Waals surface area contributed by atoms with E-state index in [1.807, 2.05) is 41.4 Å². The third-order valence-electron chi connectivity index (χ3n) is 7.67. The molecule has 3 N–H and O–H groups in total. The number of aliphatic imine (C=N–C) groups is 1. The molecule has 0 bridgehead atoms. The van der Waals surface area contributed by atoms with E-state index in [0.717, 1.165) is 58.5 Å². The highest BCUT2D eigenvalue weighted by atomic mass is 16.2. The average Bonchev–Trinajstić information content (AvgIpc) is 3.55. The number of likely N-dealkylation sites (tertiary alicyclic amines) is 1. The second-order valence-electron chi connectivity index (χ2n) is 9.82. The Morgan fingerprint density at radius 2 is 1.86 bits per heavy atom. The number of fused-ring (bicyclic) bond motifs is 3. The maximum absolute atomic E-state index is 13.4. The number of nitrogens with zero attached hydrogens (tertiary/aromatic N) is 5. The van der Waals surface area contributed by atoms with E-state index in [9.17, 15) is 4.79 Å². The second-order valence-corrected chi connectivity index (χ2v) is 9.82. The molecule has 0 radical (unpaired) electrons. The summed E-state index contributed by atoms with van der Waals surface area (Å²) in [4.78, 5) is 32.9. The van der Waals surface area contributed by atoms with Crippen molar-refractivity contribution in [2.45, 2.75) is 25.2 Å². The lowest BCUT2D eigenvalue weighted by Crippen LogP contribution is -2.43. The van der Waals surface area contributed by atoms with E-state index in [2.05, 4.69) is 43.6 Å². The number of nitrogens with one attached hydrogen (secondary N) is 1. The molecule has 0 unspecified atom stereocenters. The Hall–Kier alpha value is -4.46. The Kier molecular flexibility index (Phi) is 5.06. The topological polar surface area (TPSA) is 105 Å². The van der Waals surface area contributed by atoms with E-state index < -0.39 is 0 Å². The monoisotopic (exact) mass is 489 g/mol. The van der Waals surface area contributed by atoms with E-state index in [4.69, 9.17) is 10.7 Å². The van der Waals surface area contributed by atoms with Crippen molar-refractivity contribution in [3.05, 3.63) is 83.9 Å². The number of piperidine rings is 1. The van der Waals surface area contributed by atoms with Crippen LogP contribution in [-0.4, -0.2) is 55.5 Å². The molecule has 0 atom stereocenters. The first-order valence-corrected chi connectivity index (χ1v) is 12.8. The number of hydrogen-bond acceptors (Lipinski definition) is 5. The molecule has 5 heterocycles. The van der Waals surface area contributed by atoms with Crippen molar-refractivity contribution in [2.24, 2.45) is 4.99 Å². The van der Waals surface area contributed by atoms with Crippen LogP contribution in [0.3, 0.4) is 0 Å². The number of imidazole rings is 1. The van der Waals surface area contributed by atoms with Gasteiger partial charge < -0.3 is 15.6 Å². The molecule has 3 aromatic heterocycles. The zero-order valence-corrected chi connectivity index (χ0v) is 20.4. The van der Waals surface area contributed by atoms with Crippen molar-refractivity contribution in [3.63, 3.8) is 0 Å². The fraction of sp³-hybridized carbons (Fsp3) is 0.241. The van der Waals surface area contributed by atoms with Crippen LogP contribution in [-0.2, 0) is 11.2 Å². The summed E-state index contributed by atoms with van der Waals surface area (Å²) < 4.78 is 2.08. The SMILES string of the molecule is Nc1nccn2c(C3CCN(C(=O)C4=NCCc5ccccc54)CC3)nc(-c3cc4ccccc4[nH]3)c12. The fourth-order valence-electron chi connectivity index (χ4n) is 5.78. The van der Waals surface area contributed by atoms with Gasteiger partial charge in [-0.15, -0.1) is 0 Å². The Labute approximate surface area is 213 Å². The summed E-state index contributed by atoms with van der Waals surface area (Å²) in [6, 6.07) is 18.4. The van der Waals surface area contributed by atoms with Gasteiger partial charge in [-0.2, -0.15) is 0 Å². The van der Waals surface area contributed by atoms with Crippen LogP contribution in [0.1, 0.15) is 35.7 Å². The molecular formula is C29H27N7O. The molecule has 5 aromatic rings. The summed E-state index contributed by atoms with van der Waals surface area (Å²) in [6.07, 6.45) is 6.20. The number of aromatic amines is 1. The number of amides is 1. The molecule has 8 heteroatoms. The normalized spacial score (nSPS) is 16.2. The molecule has 37 heavy (non-hydrogen) atoms. The average molecular weight is 490 g/mol. The fourth-order valence-corrected chi connectivity index (χ4v) is 5.78. The van der Waals surface area contributed by atoms with Gasteiger partial charge in [-0.05, 0) is 37.0 Å². The third-order valence-corrected chi connectivity index (χ3v) is 7.67. The van der Waals surface area contributed by atoms with Gasteiger partial charge in [0.2, 0.25) is 0 Å². The number of carbonyl (C=O) groups excluding carboxylic acids is 1. The molecule has 184 valence electrons. The van der Waals surface area contributed by atoms with E-state index >= 15 is 0 Å². The Balaban J connectivity index is 1.18. The minimum absolute atomic E-state index is 0.0331. The van der Waals surface area contributed by atoms with Crippen LogP contribution in [0.5, 0.6) is 0 Å². The van der Waals surface area contributed by atoms with Gasteiger partial charge in [0, 0.05) is 54.4 Å². The summed E-state index contributed by atoms with van der Waals surface area (Å²) in [7, 11) is 0. The number of carbonyl (C=O) groups is 1. The molecule has 2 aromatic carbocycles. The van der Waals surface area contributed by atoms with Crippen LogP contribution in [0.15, 0.2) is 72.0 Å². The highest BCUT2D eigenvalue weighted by Gasteiger charge is 2.31. The van der Waals surface area contributed by atoms with Crippen molar-refractivity contribution < 1.29 is 4.79 Å². The zero-order valence-electron chi connectivity index (χ0n) is 20.4. The molecular weight excluding hydrogens is 462 g/mol. The van der Waals surface area contributed by atoms with Crippen molar-refractivity contribution >= 4 is 33.9 Å². The Morgan fingerprint density at radius 3 is 2.73 bits per heavy atom. The number of nitrogens with two attached hydrogens (primary N) is 1. The Morgan fingerprint density at radius 1 is 1.05 bits per heavy atom. The van der Waals surface area contributed by atoms with Gasteiger partial charge in [0.25, 0.3) is 5.91 Å². The lowest BCUT2D eigenvalue weighted by Gasteiger charge is -2.32. The number of anilines is 1. The summed E-state index contributed by atoms with van der Waals surface area (Å²) in [5.41, 5.74) is 12.8. The van der Waals surface area contributed by atoms with Crippen LogP contribution < -0.4 is 5.73 Å². The highest BCUT2D eigenvalue weighted by Crippen LogP contribution is 2.35. The summed E-state index contributed by atoms with van der Waals surface area (Å²) in [5.74, 6) is 1.66. The van der Waals surface area contributed by atoms with Crippen molar-refractivity contribution in [1.82, 2.24) is 24.3 Å². The molecule has 0 aliphatic carbocycles. The van der Waals surface area contributed by atoms with E-state index in [1.54, 1.807) is 6.20 Å². The van der Waals surface area contributed by atoms with Crippen LogP contribution in [0.4, 0.5) is 5.82 Å². The number of para-hydroxylation sites is 1. The molecule has 1 amide bonds. The highest BCUT2D eigenvalue weighted by molar-refractivity contribution is 6.45. The maximum Gasteiger partial charge on any atom is 0.272 e. The minimum atomic E-state index is 0.0331. The molecule has 2 aliphatic rings. The van der Waals surface area contributed by atoms with Crippen LogP contribution >= 0.6 is 0 Å².